The number of carbonyl (C=O) groups is 1. The van der Waals surface area contributed by atoms with Gasteiger partial charge in [0.15, 0.2) is 0 Å². The molecule has 0 aliphatic rings. The summed E-state index contributed by atoms with van der Waals surface area (Å²) in [5.74, 6) is -0.367. The normalized spacial score (nSPS) is 9.57. The molecule has 0 atom stereocenters. The van der Waals surface area contributed by atoms with Gasteiger partial charge in [-0.1, -0.05) is 17.3 Å². The van der Waals surface area contributed by atoms with Crippen molar-refractivity contribution < 1.29 is 9.53 Å². The zero-order chi connectivity index (χ0) is 10.6. The van der Waals surface area contributed by atoms with Crippen LogP contribution in [-0.4, -0.2) is 13.1 Å². The van der Waals surface area contributed by atoms with E-state index in [2.05, 4.69) is 9.91 Å². The lowest BCUT2D eigenvalue weighted by Gasteiger charge is -2.04. The molecule has 0 unspecified atom stereocenters. The molecule has 4 heteroatoms. The van der Waals surface area contributed by atoms with Gasteiger partial charge in [-0.3, -0.25) is 0 Å². The third-order valence-electron chi connectivity index (χ3n) is 1.94. The minimum Gasteiger partial charge on any atom is -0.465 e. The highest BCUT2D eigenvalue weighted by molar-refractivity contribution is 5.90. The smallest absolute Gasteiger partial charge is 0.338 e. The molecule has 74 valence electrons. The van der Waals surface area contributed by atoms with E-state index in [4.69, 9.17) is 0 Å². The van der Waals surface area contributed by atoms with E-state index in [-0.39, 0.29) is 12.5 Å². The molecular weight excluding hydrogens is 182 g/mol. The van der Waals surface area contributed by atoms with Crippen LogP contribution in [-0.2, 0) is 11.3 Å². The molecule has 0 spiro atoms. The van der Waals surface area contributed by atoms with Gasteiger partial charge in [0.25, 0.3) is 0 Å². The van der Waals surface area contributed by atoms with Crippen LogP contribution in [0.5, 0.6) is 0 Å². The van der Waals surface area contributed by atoms with E-state index < -0.39 is 0 Å². The maximum Gasteiger partial charge on any atom is 0.338 e. The third kappa shape index (κ3) is 2.16. The average molecular weight is 193 g/mol. The summed E-state index contributed by atoms with van der Waals surface area (Å²) in [5.41, 5.74) is 2.10. The highest BCUT2D eigenvalue weighted by atomic mass is 16.5. The van der Waals surface area contributed by atoms with E-state index in [0.29, 0.717) is 5.56 Å². The number of benzene rings is 1. The summed E-state index contributed by atoms with van der Waals surface area (Å²) in [5, 5.41) is 2.78. The standard InChI is InChI=1S/C10H11NO3/c1-7-5-8(6-11-13)3-4-9(7)10(12)14-2/h3-5H,6H2,1-2H3. The first kappa shape index (κ1) is 10.4. The molecular formula is C10H11NO3. The number of aryl methyl sites for hydroxylation is 1. The molecule has 0 bridgehead atoms. The van der Waals surface area contributed by atoms with Gasteiger partial charge >= 0.3 is 5.97 Å². The molecule has 0 fully saturated rings. The summed E-state index contributed by atoms with van der Waals surface area (Å²) in [6, 6.07) is 5.09. The van der Waals surface area contributed by atoms with Crippen molar-refractivity contribution in [2.24, 2.45) is 5.18 Å². The molecule has 0 aliphatic heterocycles. The number of esters is 1. The second kappa shape index (κ2) is 4.50. The Kier molecular flexibility index (Phi) is 3.34. The maximum atomic E-state index is 11.2. The Bertz CT molecular complexity index is 360. The van der Waals surface area contributed by atoms with Crippen molar-refractivity contribution in [3.05, 3.63) is 39.8 Å². The Labute approximate surface area is 81.9 Å². The van der Waals surface area contributed by atoms with Gasteiger partial charge in [-0.05, 0) is 24.1 Å². The van der Waals surface area contributed by atoms with Crippen molar-refractivity contribution >= 4 is 5.97 Å². The maximum absolute atomic E-state index is 11.2. The molecule has 1 aromatic carbocycles. The first-order valence-electron chi connectivity index (χ1n) is 4.16. The molecule has 1 aromatic rings. The van der Waals surface area contributed by atoms with Crippen LogP contribution < -0.4 is 0 Å². The SMILES string of the molecule is COC(=O)c1ccc(CN=O)cc1C. The fourth-order valence-electron chi connectivity index (χ4n) is 1.24. The molecule has 14 heavy (non-hydrogen) atoms. The van der Waals surface area contributed by atoms with Crippen molar-refractivity contribution in [1.82, 2.24) is 0 Å². The second-order valence-corrected chi connectivity index (χ2v) is 2.93. The molecule has 0 heterocycles. The molecule has 0 radical (unpaired) electrons. The van der Waals surface area contributed by atoms with Gasteiger partial charge in [-0.25, -0.2) is 4.79 Å². The number of hydrogen-bond donors (Lipinski definition) is 0. The molecule has 0 N–H and O–H groups in total. The van der Waals surface area contributed by atoms with Gasteiger partial charge in [-0.2, -0.15) is 4.91 Å². The predicted molar refractivity (Wildman–Crippen MR) is 52.0 cm³/mol. The summed E-state index contributed by atoms with van der Waals surface area (Å²) in [7, 11) is 1.34. The molecule has 0 aromatic heterocycles. The number of rotatable bonds is 3. The number of hydrogen-bond acceptors (Lipinski definition) is 4. The highest BCUT2D eigenvalue weighted by Crippen LogP contribution is 2.12. The van der Waals surface area contributed by atoms with Crippen LogP contribution in [0.15, 0.2) is 23.4 Å². The minimum absolute atomic E-state index is 0.127. The Morgan fingerprint density at radius 2 is 2.21 bits per heavy atom. The zero-order valence-corrected chi connectivity index (χ0v) is 8.11. The molecule has 4 nitrogen and oxygen atoms in total. The largest absolute Gasteiger partial charge is 0.465 e. The van der Waals surface area contributed by atoms with Gasteiger partial charge in [0, 0.05) is 0 Å². The van der Waals surface area contributed by atoms with Crippen molar-refractivity contribution in [3.63, 3.8) is 0 Å². The molecule has 0 amide bonds. The Morgan fingerprint density at radius 1 is 1.50 bits per heavy atom. The van der Waals surface area contributed by atoms with Crippen LogP contribution in [0.2, 0.25) is 0 Å². The van der Waals surface area contributed by atoms with Crippen molar-refractivity contribution in [2.45, 2.75) is 13.5 Å². The number of nitroso groups, excluding NO2 is 1. The van der Waals surface area contributed by atoms with E-state index >= 15 is 0 Å². The first-order chi connectivity index (χ1) is 6.69. The molecule has 1 rings (SSSR count). The summed E-state index contributed by atoms with van der Waals surface area (Å²) in [6.45, 7) is 1.92. The Hall–Kier alpha value is -1.71. The lowest BCUT2D eigenvalue weighted by atomic mass is 10.1. The van der Waals surface area contributed by atoms with E-state index in [1.165, 1.54) is 7.11 Å². The number of ether oxygens (including phenoxy) is 1. The van der Waals surface area contributed by atoms with Crippen LogP contribution in [0.1, 0.15) is 21.5 Å². The molecule has 0 saturated carbocycles. The first-order valence-corrected chi connectivity index (χ1v) is 4.16. The van der Waals surface area contributed by atoms with E-state index in [9.17, 15) is 9.70 Å². The van der Waals surface area contributed by atoms with E-state index in [0.717, 1.165) is 11.1 Å². The van der Waals surface area contributed by atoms with Crippen molar-refractivity contribution in [3.8, 4) is 0 Å². The lowest BCUT2D eigenvalue weighted by Crippen LogP contribution is -2.03. The van der Waals surface area contributed by atoms with Gasteiger partial charge < -0.3 is 4.74 Å². The third-order valence-corrected chi connectivity index (χ3v) is 1.94. The summed E-state index contributed by atoms with van der Waals surface area (Å²) >= 11 is 0. The van der Waals surface area contributed by atoms with E-state index in [1.54, 1.807) is 25.1 Å². The van der Waals surface area contributed by atoms with Gasteiger partial charge in [-0.15, -0.1) is 0 Å². The second-order valence-electron chi connectivity index (χ2n) is 2.93. The van der Waals surface area contributed by atoms with Crippen LogP contribution in [0.25, 0.3) is 0 Å². The van der Waals surface area contributed by atoms with Crippen LogP contribution in [0.4, 0.5) is 0 Å². The zero-order valence-electron chi connectivity index (χ0n) is 8.11. The fraction of sp³-hybridized carbons (Fsp3) is 0.300. The van der Waals surface area contributed by atoms with E-state index in [1.807, 2.05) is 0 Å². The van der Waals surface area contributed by atoms with Gasteiger partial charge in [0.2, 0.25) is 0 Å². The van der Waals surface area contributed by atoms with Gasteiger partial charge in [0.1, 0.15) is 6.54 Å². The molecule has 0 aliphatic carbocycles. The minimum atomic E-state index is -0.367. The van der Waals surface area contributed by atoms with Crippen molar-refractivity contribution in [2.75, 3.05) is 7.11 Å². The summed E-state index contributed by atoms with van der Waals surface area (Å²) in [6.07, 6.45) is 0. The average Bonchev–Trinajstić information content (AvgIpc) is 2.17. The van der Waals surface area contributed by atoms with Crippen LogP contribution >= 0.6 is 0 Å². The summed E-state index contributed by atoms with van der Waals surface area (Å²) < 4.78 is 4.59. The Balaban J connectivity index is 3.00. The number of nitrogens with zero attached hydrogens (tertiary/aromatic N) is 1. The topological polar surface area (TPSA) is 55.7 Å². The molecule has 0 saturated heterocycles. The van der Waals surface area contributed by atoms with Crippen LogP contribution in [0, 0.1) is 11.8 Å². The highest BCUT2D eigenvalue weighted by Gasteiger charge is 2.08. The Morgan fingerprint density at radius 3 is 2.71 bits per heavy atom. The quantitative estimate of drug-likeness (QED) is 0.545. The van der Waals surface area contributed by atoms with Crippen LogP contribution in [0.3, 0.4) is 0 Å². The van der Waals surface area contributed by atoms with Gasteiger partial charge in [0.05, 0.1) is 12.7 Å². The predicted octanol–water partition coefficient (Wildman–Crippen LogP) is 2.05. The number of carbonyl (C=O) groups excluding carboxylic acids is 1. The number of methoxy groups -OCH3 is 1. The fourth-order valence-corrected chi connectivity index (χ4v) is 1.24. The lowest BCUT2D eigenvalue weighted by molar-refractivity contribution is 0.0600. The summed E-state index contributed by atoms with van der Waals surface area (Å²) in [4.78, 5) is 21.2. The monoisotopic (exact) mass is 193 g/mol. The van der Waals surface area contributed by atoms with Crippen molar-refractivity contribution in [1.29, 1.82) is 0 Å².